The first-order valence-electron chi connectivity index (χ1n) is 7.35. The predicted molar refractivity (Wildman–Crippen MR) is 88.4 cm³/mol. The number of aliphatic hydroxyl groups excluding tert-OH is 1. The summed E-state index contributed by atoms with van der Waals surface area (Å²) in [6.45, 7) is 4.70. The van der Waals surface area contributed by atoms with Gasteiger partial charge in [-0.05, 0) is 30.5 Å². The Labute approximate surface area is 135 Å². The lowest BCUT2D eigenvalue weighted by Gasteiger charge is -2.23. The van der Waals surface area contributed by atoms with Crippen LogP contribution in [0.5, 0.6) is 0 Å². The monoisotopic (exact) mass is 378 g/mol. The molecule has 0 aliphatic carbocycles. The normalized spacial score (nSPS) is 13.3. The highest BCUT2D eigenvalue weighted by Crippen LogP contribution is 2.59. The van der Waals surface area contributed by atoms with E-state index in [0.717, 1.165) is 30.2 Å². The predicted octanol–water partition coefficient (Wildman–Crippen LogP) is 5.27. The van der Waals surface area contributed by atoms with Crippen LogP contribution >= 0.6 is 23.5 Å². The van der Waals surface area contributed by atoms with E-state index in [9.17, 15) is 9.67 Å². The van der Waals surface area contributed by atoms with Crippen LogP contribution in [0.25, 0.3) is 0 Å². The van der Waals surface area contributed by atoms with Crippen LogP contribution in [-0.4, -0.2) is 18.3 Å². The lowest BCUT2D eigenvalue weighted by molar-refractivity contribution is 0.139. The van der Waals surface area contributed by atoms with Crippen molar-refractivity contribution in [3.05, 3.63) is 34.3 Å². The molecular formula is C15H24BrO4P. The summed E-state index contributed by atoms with van der Waals surface area (Å²) in [5.74, 6) is -1.25. The highest BCUT2D eigenvalue weighted by atomic mass is 79.9. The molecule has 0 spiro atoms. The molecule has 0 aliphatic rings. The molecule has 1 N–H and O–H groups in total. The third kappa shape index (κ3) is 6.21. The van der Waals surface area contributed by atoms with Crippen molar-refractivity contribution in [1.82, 2.24) is 0 Å². The van der Waals surface area contributed by atoms with Crippen LogP contribution in [0.2, 0.25) is 0 Å². The summed E-state index contributed by atoms with van der Waals surface area (Å²) in [7, 11) is -3.57. The van der Waals surface area contributed by atoms with E-state index in [1.165, 1.54) is 0 Å². The number of halogens is 1. The van der Waals surface area contributed by atoms with E-state index < -0.39 is 13.4 Å². The van der Waals surface area contributed by atoms with Crippen LogP contribution in [0, 0.1) is 0 Å². The Balaban J connectivity index is 2.82. The number of aliphatic hydroxyl groups is 1. The summed E-state index contributed by atoms with van der Waals surface area (Å²) in [6, 6.07) is 7.02. The first-order chi connectivity index (χ1) is 10.0. The Morgan fingerprint density at radius 1 is 1.10 bits per heavy atom. The highest BCUT2D eigenvalue weighted by Gasteiger charge is 2.35. The quantitative estimate of drug-likeness (QED) is 0.445. The second-order valence-electron chi connectivity index (χ2n) is 4.84. The third-order valence-electron chi connectivity index (χ3n) is 3.01. The largest absolute Gasteiger partial charge is 0.376 e. The second kappa shape index (κ2) is 9.75. The minimum Gasteiger partial charge on any atom is -0.376 e. The van der Waals surface area contributed by atoms with Crippen molar-refractivity contribution in [3.8, 4) is 0 Å². The molecule has 0 saturated carbocycles. The Hall–Kier alpha value is -0.190. The van der Waals surface area contributed by atoms with Crippen molar-refractivity contribution in [3.63, 3.8) is 0 Å². The smallest absolute Gasteiger partial charge is 0.363 e. The van der Waals surface area contributed by atoms with Gasteiger partial charge in [0.2, 0.25) is 0 Å². The molecule has 0 heterocycles. The van der Waals surface area contributed by atoms with Gasteiger partial charge in [0.05, 0.1) is 13.2 Å². The first kappa shape index (κ1) is 18.9. The maximum Gasteiger partial charge on any atom is 0.363 e. The summed E-state index contributed by atoms with van der Waals surface area (Å²) >= 11 is 3.33. The maximum absolute atomic E-state index is 12.8. The molecule has 120 valence electrons. The number of hydrogen-bond donors (Lipinski definition) is 1. The van der Waals surface area contributed by atoms with E-state index in [1.54, 1.807) is 24.3 Å². The average Bonchev–Trinajstić information content (AvgIpc) is 2.48. The van der Waals surface area contributed by atoms with Crippen molar-refractivity contribution in [1.29, 1.82) is 0 Å². The molecule has 1 aromatic carbocycles. The van der Waals surface area contributed by atoms with Gasteiger partial charge in [-0.1, -0.05) is 54.8 Å². The minimum absolute atomic E-state index is 0.327. The highest BCUT2D eigenvalue weighted by molar-refractivity contribution is 9.10. The fourth-order valence-electron chi connectivity index (χ4n) is 1.67. The SMILES string of the molecule is CCCCOP(=O)(OCCCC)[C@H](O)c1ccc(Br)cc1. The molecule has 0 radical (unpaired) electrons. The van der Waals surface area contributed by atoms with E-state index >= 15 is 0 Å². The van der Waals surface area contributed by atoms with Gasteiger partial charge in [-0.2, -0.15) is 0 Å². The van der Waals surface area contributed by atoms with Crippen LogP contribution in [-0.2, 0) is 13.6 Å². The molecule has 0 aromatic heterocycles. The van der Waals surface area contributed by atoms with E-state index in [2.05, 4.69) is 15.9 Å². The minimum atomic E-state index is -3.57. The van der Waals surface area contributed by atoms with Crippen LogP contribution in [0.3, 0.4) is 0 Å². The lowest BCUT2D eigenvalue weighted by atomic mass is 10.2. The van der Waals surface area contributed by atoms with Gasteiger partial charge in [0, 0.05) is 4.47 Å². The van der Waals surface area contributed by atoms with Gasteiger partial charge in [0.1, 0.15) is 0 Å². The molecule has 1 atom stereocenters. The molecule has 6 heteroatoms. The van der Waals surface area contributed by atoms with Crippen LogP contribution in [0.4, 0.5) is 0 Å². The topological polar surface area (TPSA) is 55.8 Å². The van der Waals surface area contributed by atoms with Crippen LogP contribution < -0.4 is 0 Å². The Kier molecular flexibility index (Phi) is 8.76. The zero-order valence-electron chi connectivity index (χ0n) is 12.6. The fourth-order valence-corrected chi connectivity index (χ4v) is 3.59. The van der Waals surface area contributed by atoms with Gasteiger partial charge in [-0.15, -0.1) is 0 Å². The summed E-state index contributed by atoms with van der Waals surface area (Å²) in [6.07, 6.45) is 3.44. The standard InChI is InChI=1S/C15H24BrO4P/c1-3-5-11-19-21(18,20-12-6-4-2)15(17)13-7-9-14(16)10-8-13/h7-10,15,17H,3-6,11-12H2,1-2H3/t15-/m0/s1. The molecule has 1 aromatic rings. The molecule has 1 rings (SSSR count). The summed E-state index contributed by atoms with van der Waals surface area (Å²) in [5, 5.41) is 10.4. The molecule has 0 unspecified atom stereocenters. The summed E-state index contributed by atoms with van der Waals surface area (Å²) < 4.78 is 24.6. The van der Waals surface area contributed by atoms with Gasteiger partial charge in [0.25, 0.3) is 0 Å². The third-order valence-corrected chi connectivity index (χ3v) is 5.52. The number of benzene rings is 1. The first-order valence-corrected chi connectivity index (χ1v) is 9.76. The second-order valence-corrected chi connectivity index (χ2v) is 7.84. The van der Waals surface area contributed by atoms with Crippen molar-refractivity contribution < 1.29 is 18.7 Å². The van der Waals surface area contributed by atoms with Crippen molar-refractivity contribution in [2.24, 2.45) is 0 Å². The van der Waals surface area contributed by atoms with Crippen LogP contribution in [0.1, 0.15) is 50.9 Å². The molecule has 0 amide bonds. The zero-order chi connectivity index (χ0) is 15.7. The molecule has 4 nitrogen and oxygen atoms in total. The Morgan fingerprint density at radius 2 is 1.57 bits per heavy atom. The van der Waals surface area contributed by atoms with E-state index in [4.69, 9.17) is 9.05 Å². The Bertz CT molecular complexity index is 435. The van der Waals surface area contributed by atoms with Crippen LogP contribution in [0.15, 0.2) is 28.7 Å². The molecule has 0 aliphatic heterocycles. The van der Waals surface area contributed by atoms with Crippen molar-refractivity contribution >= 4 is 23.5 Å². The average molecular weight is 379 g/mol. The Morgan fingerprint density at radius 3 is 2.00 bits per heavy atom. The number of hydrogen-bond acceptors (Lipinski definition) is 4. The van der Waals surface area contributed by atoms with E-state index in [1.807, 2.05) is 13.8 Å². The molecule has 0 fully saturated rings. The number of unbranched alkanes of at least 4 members (excludes halogenated alkanes) is 2. The molecule has 0 saturated heterocycles. The van der Waals surface area contributed by atoms with Gasteiger partial charge in [0.15, 0.2) is 5.85 Å². The summed E-state index contributed by atoms with van der Waals surface area (Å²) in [4.78, 5) is 0. The molecule has 21 heavy (non-hydrogen) atoms. The summed E-state index contributed by atoms with van der Waals surface area (Å²) in [5.41, 5.74) is 0.537. The van der Waals surface area contributed by atoms with Gasteiger partial charge in [-0.25, -0.2) is 0 Å². The molecular weight excluding hydrogens is 355 g/mol. The lowest BCUT2D eigenvalue weighted by Crippen LogP contribution is -2.08. The van der Waals surface area contributed by atoms with Gasteiger partial charge in [-0.3, -0.25) is 4.57 Å². The van der Waals surface area contributed by atoms with Gasteiger partial charge >= 0.3 is 7.60 Å². The zero-order valence-corrected chi connectivity index (χ0v) is 15.1. The maximum atomic E-state index is 12.8. The van der Waals surface area contributed by atoms with Crippen molar-refractivity contribution in [2.75, 3.05) is 13.2 Å². The van der Waals surface area contributed by atoms with E-state index in [-0.39, 0.29) is 0 Å². The van der Waals surface area contributed by atoms with E-state index in [0.29, 0.717) is 18.8 Å². The van der Waals surface area contributed by atoms with Gasteiger partial charge < -0.3 is 14.2 Å². The number of rotatable bonds is 10. The fraction of sp³-hybridized carbons (Fsp3) is 0.600. The van der Waals surface area contributed by atoms with Crippen molar-refractivity contribution in [2.45, 2.75) is 45.4 Å². The molecule has 0 bridgehead atoms.